The molecule has 0 radical (unpaired) electrons. The molecule has 3 aromatic rings. The predicted molar refractivity (Wildman–Crippen MR) is 112 cm³/mol. The van der Waals surface area contributed by atoms with Crippen molar-refractivity contribution < 1.29 is 13.9 Å². The molecule has 2 heterocycles. The first-order valence-electron chi connectivity index (χ1n) is 10.5. The number of aromatic nitrogens is 2. The number of rotatable bonds is 4. The van der Waals surface area contributed by atoms with Gasteiger partial charge < -0.3 is 9.64 Å². The molecule has 1 amide bonds. The van der Waals surface area contributed by atoms with Gasteiger partial charge in [0, 0.05) is 17.2 Å². The highest BCUT2D eigenvalue weighted by molar-refractivity contribution is 6.00. The quantitative estimate of drug-likeness (QED) is 0.657. The minimum atomic E-state index is -0.282. The van der Waals surface area contributed by atoms with Gasteiger partial charge in [-0.2, -0.15) is 5.10 Å². The molecule has 5 nitrogen and oxygen atoms in total. The third-order valence-electron chi connectivity index (χ3n) is 6.32. The van der Waals surface area contributed by atoms with Gasteiger partial charge in [-0.05, 0) is 54.8 Å². The van der Waals surface area contributed by atoms with Crippen LogP contribution < -0.4 is 4.74 Å². The molecule has 2 aliphatic rings. The zero-order valence-electron chi connectivity index (χ0n) is 16.9. The Labute approximate surface area is 174 Å². The van der Waals surface area contributed by atoms with E-state index in [1.165, 1.54) is 18.6 Å². The molecule has 2 aromatic carbocycles. The first kappa shape index (κ1) is 18.9. The molecule has 6 heteroatoms. The van der Waals surface area contributed by atoms with E-state index in [0.717, 1.165) is 53.8 Å². The molecular weight excluding hydrogens is 381 g/mol. The van der Waals surface area contributed by atoms with Gasteiger partial charge in [-0.15, -0.1) is 0 Å². The second-order valence-electron chi connectivity index (χ2n) is 8.05. The van der Waals surface area contributed by atoms with Crippen LogP contribution in [0.4, 0.5) is 4.39 Å². The number of halogens is 1. The van der Waals surface area contributed by atoms with E-state index >= 15 is 0 Å². The van der Waals surface area contributed by atoms with E-state index in [1.54, 1.807) is 19.2 Å². The largest absolute Gasteiger partial charge is 0.497 e. The van der Waals surface area contributed by atoms with Gasteiger partial charge in [-0.1, -0.05) is 31.4 Å². The fraction of sp³-hybridized carbons (Fsp3) is 0.333. The summed E-state index contributed by atoms with van der Waals surface area (Å²) in [6, 6.07) is 14.1. The summed E-state index contributed by atoms with van der Waals surface area (Å²) in [4.78, 5) is 15.5. The van der Waals surface area contributed by atoms with E-state index in [9.17, 15) is 9.18 Å². The van der Waals surface area contributed by atoms with Gasteiger partial charge in [-0.25, -0.2) is 4.39 Å². The van der Waals surface area contributed by atoms with Crippen molar-refractivity contribution in [1.29, 1.82) is 0 Å². The van der Waals surface area contributed by atoms with E-state index in [0.29, 0.717) is 5.69 Å². The first-order valence-corrected chi connectivity index (χ1v) is 10.5. The predicted octanol–water partition coefficient (Wildman–Crippen LogP) is 5.10. The zero-order valence-corrected chi connectivity index (χ0v) is 16.9. The lowest BCUT2D eigenvalue weighted by Gasteiger charge is -2.36. The average Bonchev–Trinajstić information content (AvgIpc) is 3.34. The lowest BCUT2D eigenvalue weighted by Crippen LogP contribution is -2.40. The number of nitrogens with one attached hydrogen (secondary N) is 1. The number of hydrogen-bond donors (Lipinski definition) is 1. The third-order valence-corrected chi connectivity index (χ3v) is 6.32. The average molecular weight is 405 g/mol. The maximum atomic E-state index is 13.6. The Hall–Kier alpha value is -3.15. The van der Waals surface area contributed by atoms with Crippen LogP contribution in [0, 0.1) is 5.82 Å². The van der Waals surface area contributed by atoms with Gasteiger partial charge >= 0.3 is 0 Å². The number of benzene rings is 2. The zero-order chi connectivity index (χ0) is 20.7. The molecule has 1 fully saturated rings. The molecule has 154 valence electrons. The molecule has 1 aromatic heterocycles. The maximum absolute atomic E-state index is 13.6. The topological polar surface area (TPSA) is 58.2 Å². The van der Waals surface area contributed by atoms with Crippen molar-refractivity contribution in [3.05, 3.63) is 71.2 Å². The Kier molecular flexibility index (Phi) is 4.77. The molecule has 0 spiro atoms. The molecule has 0 saturated heterocycles. The number of amides is 1. The molecular formula is C24H24FN3O2. The van der Waals surface area contributed by atoms with Crippen LogP contribution in [0.1, 0.15) is 59.8 Å². The summed E-state index contributed by atoms with van der Waals surface area (Å²) >= 11 is 0. The second-order valence-corrected chi connectivity index (χ2v) is 8.05. The summed E-state index contributed by atoms with van der Waals surface area (Å²) in [5, 5.41) is 7.50. The molecule has 0 bridgehead atoms. The number of fused-ring (bicyclic) bond motifs is 1. The number of nitrogens with zero attached hydrogens (tertiary/aromatic N) is 2. The van der Waals surface area contributed by atoms with E-state index in [-0.39, 0.29) is 23.8 Å². The highest BCUT2D eigenvalue weighted by Crippen LogP contribution is 2.45. The molecule has 5 rings (SSSR count). The van der Waals surface area contributed by atoms with E-state index in [1.807, 2.05) is 29.2 Å². The highest BCUT2D eigenvalue weighted by Gasteiger charge is 2.45. The normalized spacial score (nSPS) is 19.2. The van der Waals surface area contributed by atoms with Crippen molar-refractivity contribution in [2.45, 2.75) is 44.2 Å². The number of methoxy groups -OCH3 is 1. The van der Waals surface area contributed by atoms with Crippen LogP contribution in [-0.2, 0) is 0 Å². The van der Waals surface area contributed by atoms with E-state index in [4.69, 9.17) is 4.74 Å². The highest BCUT2D eigenvalue weighted by atomic mass is 19.1. The van der Waals surface area contributed by atoms with Crippen molar-refractivity contribution in [3.63, 3.8) is 0 Å². The van der Waals surface area contributed by atoms with Crippen molar-refractivity contribution in [1.82, 2.24) is 15.1 Å². The lowest BCUT2D eigenvalue weighted by atomic mass is 9.91. The summed E-state index contributed by atoms with van der Waals surface area (Å²) < 4.78 is 18.9. The van der Waals surface area contributed by atoms with Gasteiger partial charge in [0.15, 0.2) is 0 Å². The number of aromatic amines is 1. The van der Waals surface area contributed by atoms with Gasteiger partial charge in [0.05, 0.1) is 18.8 Å². The van der Waals surface area contributed by atoms with Crippen LogP contribution in [-0.4, -0.2) is 34.2 Å². The second kappa shape index (κ2) is 7.59. The number of carbonyl (C=O) groups excluding carboxylic acids is 1. The van der Waals surface area contributed by atoms with Crippen LogP contribution in [0.5, 0.6) is 5.75 Å². The number of hydrogen-bond acceptors (Lipinski definition) is 3. The van der Waals surface area contributed by atoms with Crippen LogP contribution in [0.25, 0.3) is 11.3 Å². The van der Waals surface area contributed by atoms with Crippen molar-refractivity contribution in [3.8, 4) is 17.0 Å². The van der Waals surface area contributed by atoms with Crippen LogP contribution in [0.15, 0.2) is 48.5 Å². The maximum Gasteiger partial charge on any atom is 0.273 e. The number of H-pyrrole nitrogens is 1. The summed E-state index contributed by atoms with van der Waals surface area (Å²) in [7, 11) is 1.63. The van der Waals surface area contributed by atoms with Gasteiger partial charge in [0.2, 0.25) is 0 Å². The fourth-order valence-electron chi connectivity index (χ4n) is 4.84. The Balaban J connectivity index is 1.63. The first-order chi connectivity index (χ1) is 14.7. The Morgan fingerprint density at radius 2 is 1.73 bits per heavy atom. The van der Waals surface area contributed by atoms with Gasteiger partial charge in [0.1, 0.15) is 17.3 Å². The molecule has 1 saturated carbocycles. The van der Waals surface area contributed by atoms with Crippen molar-refractivity contribution in [2.24, 2.45) is 0 Å². The molecule has 1 aliphatic heterocycles. The summed E-state index contributed by atoms with van der Waals surface area (Å²) in [5.74, 6) is 0.467. The molecule has 1 atom stereocenters. The van der Waals surface area contributed by atoms with Crippen molar-refractivity contribution in [2.75, 3.05) is 7.11 Å². The summed E-state index contributed by atoms with van der Waals surface area (Å²) in [6.45, 7) is 0. The van der Waals surface area contributed by atoms with Crippen LogP contribution in [0.2, 0.25) is 0 Å². The van der Waals surface area contributed by atoms with Gasteiger partial charge in [0.25, 0.3) is 5.91 Å². The Morgan fingerprint density at radius 3 is 2.40 bits per heavy atom. The van der Waals surface area contributed by atoms with Crippen LogP contribution >= 0.6 is 0 Å². The third kappa shape index (κ3) is 3.07. The lowest BCUT2D eigenvalue weighted by molar-refractivity contribution is 0.0606. The van der Waals surface area contributed by atoms with Gasteiger partial charge in [-0.3, -0.25) is 9.89 Å². The Morgan fingerprint density at radius 1 is 1.03 bits per heavy atom. The summed E-state index contributed by atoms with van der Waals surface area (Å²) in [6.07, 6.45) is 5.46. The smallest absolute Gasteiger partial charge is 0.273 e. The SMILES string of the molecule is COc1ccc(-c2n[nH]c3c2C(c2ccc(F)cc2)N(C2CCCCC2)C3=O)cc1. The van der Waals surface area contributed by atoms with Crippen molar-refractivity contribution >= 4 is 5.91 Å². The number of carbonyl (C=O) groups is 1. The van der Waals surface area contributed by atoms with Crippen LogP contribution in [0.3, 0.4) is 0 Å². The minimum Gasteiger partial charge on any atom is -0.497 e. The number of ether oxygens (including phenoxy) is 1. The molecule has 30 heavy (non-hydrogen) atoms. The molecule has 1 aliphatic carbocycles. The molecule has 1 unspecified atom stereocenters. The van der Waals surface area contributed by atoms with E-state index < -0.39 is 0 Å². The minimum absolute atomic E-state index is 0.0153. The fourth-order valence-corrected chi connectivity index (χ4v) is 4.84. The standard InChI is InChI=1S/C24H24FN3O2/c1-30-19-13-9-15(10-14-19)21-20-22(27-26-21)24(29)28(18-5-3-2-4-6-18)23(20)16-7-11-17(25)12-8-16/h7-14,18,23H,2-6H2,1H3,(H,26,27). The molecule has 1 N–H and O–H groups in total. The summed E-state index contributed by atoms with van der Waals surface area (Å²) in [5.41, 5.74) is 4.00. The Bertz CT molecular complexity index is 1050. The monoisotopic (exact) mass is 405 g/mol. The van der Waals surface area contributed by atoms with E-state index in [2.05, 4.69) is 10.2 Å².